The lowest BCUT2D eigenvalue weighted by molar-refractivity contribution is -0.128. The molecule has 0 bridgehead atoms. The van der Waals surface area contributed by atoms with Gasteiger partial charge in [0.1, 0.15) is 17.7 Å². The summed E-state index contributed by atoms with van der Waals surface area (Å²) in [4.78, 5) is 24.1. The number of hydrogen-bond acceptors (Lipinski definition) is 6. The summed E-state index contributed by atoms with van der Waals surface area (Å²) in [7, 11) is 1.47. The number of ether oxygens (including phenoxy) is 1. The van der Waals surface area contributed by atoms with E-state index in [2.05, 4.69) is 15.5 Å². The number of nitrogens with zero attached hydrogens (tertiary/aromatic N) is 1. The molecule has 0 saturated heterocycles. The molecule has 0 radical (unpaired) electrons. The summed E-state index contributed by atoms with van der Waals surface area (Å²) < 4.78 is 5.85. The molecule has 2 rings (SSSR count). The van der Waals surface area contributed by atoms with E-state index in [0.717, 1.165) is 16.0 Å². The first kappa shape index (κ1) is 12.1. The Morgan fingerprint density at radius 1 is 1.61 bits per heavy atom. The van der Waals surface area contributed by atoms with Crippen molar-refractivity contribution in [2.75, 3.05) is 12.5 Å². The summed E-state index contributed by atoms with van der Waals surface area (Å²) in [5, 5.41) is 12.0. The van der Waals surface area contributed by atoms with Gasteiger partial charge in [-0.2, -0.15) is 5.10 Å². The van der Waals surface area contributed by atoms with Crippen LogP contribution >= 0.6 is 11.3 Å². The zero-order valence-electron chi connectivity index (χ0n) is 9.26. The molecule has 0 aliphatic carbocycles. The summed E-state index contributed by atoms with van der Waals surface area (Å²) in [5.41, 5.74) is 3.51. The Balaban J connectivity index is 2.50. The van der Waals surface area contributed by atoms with Crippen LogP contribution in [-0.2, 0) is 4.79 Å². The van der Waals surface area contributed by atoms with Crippen molar-refractivity contribution >= 4 is 39.4 Å². The summed E-state index contributed by atoms with van der Waals surface area (Å²) in [6.07, 6.45) is 0.711. The first-order valence-electron chi connectivity index (χ1n) is 4.83. The van der Waals surface area contributed by atoms with Gasteiger partial charge in [-0.15, -0.1) is 0 Å². The Bertz CT molecular complexity index is 673. The number of nitrogens with one attached hydrogen (secondary N) is 2. The van der Waals surface area contributed by atoms with Gasteiger partial charge in [0, 0.05) is 0 Å². The SMILES string of the molecule is COc1ccc2sc(=O)[nH]c2c1NN=CC(=O)O. The molecule has 0 aliphatic heterocycles. The number of hydrogen-bond donors (Lipinski definition) is 3. The molecule has 1 aromatic heterocycles. The minimum atomic E-state index is -1.17. The highest BCUT2D eigenvalue weighted by Gasteiger charge is 2.10. The van der Waals surface area contributed by atoms with Crippen LogP contribution in [0.3, 0.4) is 0 Å². The molecular formula is C10H9N3O4S. The third-order valence-electron chi connectivity index (χ3n) is 2.13. The van der Waals surface area contributed by atoms with Gasteiger partial charge in [-0.25, -0.2) is 4.79 Å². The zero-order chi connectivity index (χ0) is 13.1. The van der Waals surface area contributed by atoms with Crippen LogP contribution < -0.4 is 15.0 Å². The predicted molar refractivity (Wildman–Crippen MR) is 68.7 cm³/mol. The van der Waals surface area contributed by atoms with E-state index in [4.69, 9.17) is 9.84 Å². The molecule has 0 amide bonds. The molecular weight excluding hydrogens is 258 g/mol. The lowest BCUT2D eigenvalue weighted by atomic mass is 10.2. The summed E-state index contributed by atoms with van der Waals surface area (Å²) in [6, 6.07) is 3.41. The Labute approximate surface area is 105 Å². The van der Waals surface area contributed by atoms with Crippen LogP contribution in [0.1, 0.15) is 0 Å². The van der Waals surface area contributed by atoms with Crippen molar-refractivity contribution in [3.05, 3.63) is 21.8 Å². The second-order valence-corrected chi connectivity index (χ2v) is 4.25. The number of anilines is 1. The first-order valence-corrected chi connectivity index (χ1v) is 5.65. The third kappa shape index (κ3) is 2.33. The monoisotopic (exact) mass is 267 g/mol. The van der Waals surface area contributed by atoms with Crippen LogP contribution in [-0.4, -0.2) is 29.4 Å². The number of carboxylic acid groups (broad SMARTS) is 1. The highest BCUT2D eigenvalue weighted by molar-refractivity contribution is 7.16. The molecule has 1 aromatic carbocycles. The van der Waals surface area contributed by atoms with Crippen molar-refractivity contribution in [1.29, 1.82) is 0 Å². The smallest absolute Gasteiger partial charge is 0.348 e. The maximum atomic E-state index is 11.3. The lowest BCUT2D eigenvalue weighted by Gasteiger charge is -2.07. The molecule has 7 nitrogen and oxygen atoms in total. The fraction of sp³-hybridized carbons (Fsp3) is 0.100. The topological polar surface area (TPSA) is 104 Å². The maximum Gasteiger partial charge on any atom is 0.348 e. The van der Waals surface area contributed by atoms with E-state index in [1.54, 1.807) is 12.1 Å². The number of carbonyl (C=O) groups is 1. The standard InChI is InChI=1S/C10H9N3O4S/c1-17-5-2-3-6-9(12-10(16)18-6)8(5)13-11-4-7(14)15/h2-4,13H,1H3,(H,12,16)(H,14,15). The van der Waals surface area contributed by atoms with Gasteiger partial charge in [-0.05, 0) is 12.1 Å². The quantitative estimate of drug-likeness (QED) is 0.568. The minimum Gasteiger partial charge on any atom is -0.494 e. The molecule has 0 fully saturated rings. The molecule has 2 aromatic rings. The van der Waals surface area contributed by atoms with E-state index in [1.807, 2.05) is 0 Å². The van der Waals surface area contributed by atoms with E-state index < -0.39 is 5.97 Å². The van der Waals surface area contributed by atoms with Crippen LogP contribution in [0.4, 0.5) is 5.69 Å². The van der Waals surface area contributed by atoms with Crippen molar-refractivity contribution in [2.45, 2.75) is 0 Å². The van der Waals surface area contributed by atoms with Crippen LogP contribution in [0.25, 0.3) is 10.2 Å². The van der Waals surface area contributed by atoms with Gasteiger partial charge >= 0.3 is 10.8 Å². The number of H-pyrrole nitrogens is 1. The van der Waals surface area contributed by atoms with Gasteiger partial charge in [0.05, 0.1) is 17.3 Å². The first-order chi connectivity index (χ1) is 8.61. The Morgan fingerprint density at radius 2 is 2.39 bits per heavy atom. The van der Waals surface area contributed by atoms with Gasteiger partial charge in [-0.1, -0.05) is 11.3 Å². The number of rotatable bonds is 4. The molecule has 0 aliphatic rings. The Morgan fingerprint density at radius 3 is 3.06 bits per heavy atom. The molecule has 18 heavy (non-hydrogen) atoms. The Kier molecular flexibility index (Phi) is 3.28. The number of hydrazone groups is 1. The average Bonchev–Trinajstić information content (AvgIpc) is 2.69. The van der Waals surface area contributed by atoms with Crippen LogP contribution in [0.5, 0.6) is 5.75 Å². The number of aliphatic carboxylic acids is 1. The van der Waals surface area contributed by atoms with Crippen LogP contribution in [0.15, 0.2) is 22.0 Å². The summed E-state index contributed by atoms with van der Waals surface area (Å²) >= 11 is 1.05. The van der Waals surface area contributed by atoms with E-state index in [-0.39, 0.29) is 4.87 Å². The van der Waals surface area contributed by atoms with Crippen molar-refractivity contribution in [3.8, 4) is 5.75 Å². The Hall–Kier alpha value is -2.35. The largest absolute Gasteiger partial charge is 0.494 e. The number of benzene rings is 1. The molecule has 8 heteroatoms. The highest BCUT2D eigenvalue weighted by Crippen LogP contribution is 2.32. The molecule has 1 heterocycles. The van der Waals surface area contributed by atoms with Crippen molar-refractivity contribution in [1.82, 2.24) is 4.98 Å². The number of fused-ring (bicyclic) bond motifs is 1. The van der Waals surface area contributed by atoms with Gasteiger partial charge in [-0.3, -0.25) is 10.2 Å². The van der Waals surface area contributed by atoms with Crippen molar-refractivity contribution in [3.63, 3.8) is 0 Å². The number of methoxy groups -OCH3 is 1. The van der Waals surface area contributed by atoms with Gasteiger partial charge in [0.15, 0.2) is 0 Å². The van der Waals surface area contributed by atoms with Crippen LogP contribution in [0.2, 0.25) is 0 Å². The third-order valence-corrected chi connectivity index (χ3v) is 2.98. The molecule has 0 spiro atoms. The zero-order valence-corrected chi connectivity index (χ0v) is 10.1. The summed E-state index contributed by atoms with van der Waals surface area (Å²) in [5.74, 6) is -0.716. The van der Waals surface area contributed by atoms with Gasteiger partial charge < -0.3 is 14.8 Å². The van der Waals surface area contributed by atoms with Crippen molar-refractivity contribution in [2.24, 2.45) is 5.10 Å². The summed E-state index contributed by atoms with van der Waals surface area (Å²) in [6.45, 7) is 0. The second kappa shape index (κ2) is 4.88. The average molecular weight is 267 g/mol. The molecule has 0 atom stereocenters. The van der Waals surface area contributed by atoms with E-state index in [1.165, 1.54) is 7.11 Å². The highest BCUT2D eigenvalue weighted by atomic mass is 32.1. The fourth-order valence-electron chi connectivity index (χ4n) is 1.43. The predicted octanol–water partition coefficient (Wildman–Crippen LogP) is 1.08. The number of aromatic nitrogens is 1. The van der Waals surface area contributed by atoms with Crippen LogP contribution in [0, 0.1) is 0 Å². The van der Waals surface area contributed by atoms with E-state index in [0.29, 0.717) is 23.2 Å². The number of aromatic amines is 1. The molecule has 0 saturated carbocycles. The fourth-order valence-corrected chi connectivity index (χ4v) is 2.18. The molecule has 94 valence electrons. The number of carboxylic acids is 1. The van der Waals surface area contributed by atoms with Gasteiger partial charge in [0.2, 0.25) is 0 Å². The van der Waals surface area contributed by atoms with E-state index in [9.17, 15) is 9.59 Å². The van der Waals surface area contributed by atoms with Gasteiger partial charge in [0.25, 0.3) is 0 Å². The normalized spacial score (nSPS) is 10.9. The van der Waals surface area contributed by atoms with E-state index >= 15 is 0 Å². The maximum absolute atomic E-state index is 11.3. The second-order valence-electron chi connectivity index (χ2n) is 3.24. The number of thiazole rings is 1. The molecule has 0 unspecified atom stereocenters. The minimum absolute atomic E-state index is 0.205. The lowest BCUT2D eigenvalue weighted by Crippen LogP contribution is -2.01. The van der Waals surface area contributed by atoms with Crippen molar-refractivity contribution < 1.29 is 14.6 Å². The molecule has 3 N–H and O–H groups in total.